The first-order valence-electron chi connectivity index (χ1n) is 6.66. The lowest BCUT2D eigenvalue weighted by molar-refractivity contribution is -0.127. The van der Waals surface area contributed by atoms with Crippen molar-refractivity contribution in [1.82, 2.24) is 5.32 Å². The first-order valence-corrected chi connectivity index (χ1v) is 6.66. The zero-order valence-corrected chi connectivity index (χ0v) is 12.4. The van der Waals surface area contributed by atoms with E-state index in [4.69, 9.17) is 9.94 Å². The normalized spacial score (nSPS) is 13.2. The predicted octanol–water partition coefficient (Wildman–Crippen LogP) is 2.37. The molecule has 1 unspecified atom stereocenters. The number of ether oxygens (including phenoxy) is 1. The Kier molecular flexibility index (Phi) is 6.03. The van der Waals surface area contributed by atoms with E-state index in [-0.39, 0.29) is 11.9 Å². The van der Waals surface area contributed by atoms with Crippen molar-refractivity contribution in [2.75, 3.05) is 0 Å². The lowest BCUT2D eigenvalue weighted by Crippen LogP contribution is -2.40. The van der Waals surface area contributed by atoms with Gasteiger partial charge in [-0.05, 0) is 45.4 Å². The van der Waals surface area contributed by atoms with E-state index < -0.39 is 6.10 Å². The fourth-order valence-corrected chi connectivity index (χ4v) is 1.68. The summed E-state index contributed by atoms with van der Waals surface area (Å²) in [5.41, 5.74) is 1.66. The summed E-state index contributed by atoms with van der Waals surface area (Å²) in [4.78, 5) is 11.7. The van der Waals surface area contributed by atoms with Gasteiger partial charge >= 0.3 is 0 Å². The number of nitrogens with zero attached hydrogens (tertiary/aromatic N) is 1. The Labute approximate surface area is 119 Å². The van der Waals surface area contributed by atoms with Crippen molar-refractivity contribution >= 4 is 11.6 Å². The van der Waals surface area contributed by atoms with Gasteiger partial charge in [0.1, 0.15) is 5.75 Å². The number of oxime groups is 1. The van der Waals surface area contributed by atoms with Gasteiger partial charge in [0.25, 0.3) is 5.91 Å². The number of hydrogen-bond acceptors (Lipinski definition) is 4. The Bertz CT molecular complexity index is 467. The number of hydrogen-bond donors (Lipinski definition) is 2. The molecule has 0 saturated heterocycles. The van der Waals surface area contributed by atoms with Crippen LogP contribution >= 0.6 is 0 Å². The van der Waals surface area contributed by atoms with E-state index in [1.165, 1.54) is 0 Å². The summed E-state index contributed by atoms with van der Waals surface area (Å²) in [7, 11) is 0. The molecule has 0 bridgehead atoms. The minimum absolute atomic E-state index is 0.0941. The Morgan fingerprint density at radius 1 is 1.30 bits per heavy atom. The third-order valence-corrected chi connectivity index (χ3v) is 2.67. The summed E-state index contributed by atoms with van der Waals surface area (Å²) in [6.07, 6.45) is 0.0455. The average Bonchev–Trinajstić information content (AvgIpc) is 2.40. The third-order valence-electron chi connectivity index (χ3n) is 2.67. The summed E-state index contributed by atoms with van der Waals surface area (Å²) in [6, 6.07) is 7.48. The second-order valence-electron chi connectivity index (χ2n) is 5.08. The van der Waals surface area contributed by atoms with E-state index in [1.54, 1.807) is 26.0 Å². The molecule has 5 heteroatoms. The number of carbonyl (C=O) groups is 1. The van der Waals surface area contributed by atoms with Gasteiger partial charge in [0, 0.05) is 12.5 Å². The molecule has 1 atom stereocenters. The smallest absolute Gasteiger partial charge is 0.260 e. The lowest BCUT2D eigenvalue weighted by Gasteiger charge is -2.16. The van der Waals surface area contributed by atoms with E-state index in [0.29, 0.717) is 17.9 Å². The molecule has 20 heavy (non-hydrogen) atoms. The molecule has 0 aliphatic rings. The Hall–Kier alpha value is -2.04. The minimum Gasteiger partial charge on any atom is -0.481 e. The topological polar surface area (TPSA) is 70.9 Å². The first kappa shape index (κ1) is 16.0. The number of benzene rings is 1. The van der Waals surface area contributed by atoms with Gasteiger partial charge in [-0.15, -0.1) is 0 Å². The highest BCUT2D eigenvalue weighted by atomic mass is 16.5. The van der Waals surface area contributed by atoms with Gasteiger partial charge in [0.05, 0.1) is 5.71 Å². The van der Waals surface area contributed by atoms with Crippen molar-refractivity contribution in [3.8, 4) is 5.75 Å². The maximum absolute atomic E-state index is 11.7. The van der Waals surface area contributed by atoms with Crippen molar-refractivity contribution in [3.05, 3.63) is 29.8 Å². The van der Waals surface area contributed by atoms with Crippen LogP contribution in [-0.4, -0.2) is 29.0 Å². The van der Waals surface area contributed by atoms with Crippen LogP contribution < -0.4 is 10.1 Å². The lowest BCUT2D eigenvalue weighted by atomic mass is 10.1. The Morgan fingerprint density at radius 3 is 2.40 bits per heavy atom. The predicted molar refractivity (Wildman–Crippen MR) is 78.4 cm³/mol. The highest BCUT2D eigenvalue weighted by molar-refractivity contribution is 5.83. The summed E-state index contributed by atoms with van der Waals surface area (Å²) >= 11 is 0. The van der Waals surface area contributed by atoms with Crippen LogP contribution in [0.25, 0.3) is 0 Å². The fraction of sp³-hybridized carbons (Fsp3) is 0.467. The highest BCUT2D eigenvalue weighted by Gasteiger charge is 2.15. The van der Waals surface area contributed by atoms with E-state index in [0.717, 1.165) is 5.56 Å². The molecule has 0 aromatic heterocycles. The van der Waals surface area contributed by atoms with Gasteiger partial charge in [-0.3, -0.25) is 4.79 Å². The van der Waals surface area contributed by atoms with Crippen molar-refractivity contribution in [2.24, 2.45) is 5.16 Å². The highest BCUT2D eigenvalue weighted by Crippen LogP contribution is 2.14. The van der Waals surface area contributed by atoms with Gasteiger partial charge in [-0.2, -0.15) is 0 Å². The van der Waals surface area contributed by atoms with Gasteiger partial charge < -0.3 is 15.3 Å². The van der Waals surface area contributed by atoms with Crippen molar-refractivity contribution in [3.63, 3.8) is 0 Å². The second-order valence-corrected chi connectivity index (χ2v) is 5.08. The molecule has 110 valence electrons. The molecule has 0 saturated carbocycles. The zero-order chi connectivity index (χ0) is 15.1. The molecule has 1 aromatic rings. The maximum Gasteiger partial charge on any atom is 0.260 e. The monoisotopic (exact) mass is 278 g/mol. The molecule has 1 amide bonds. The van der Waals surface area contributed by atoms with E-state index in [2.05, 4.69) is 10.5 Å². The number of amides is 1. The van der Waals surface area contributed by atoms with Gasteiger partial charge in [-0.25, -0.2) is 0 Å². The first-order chi connectivity index (χ1) is 9.42. The molecule has 0 fully saturated rings. The number of nitrogens with one attached hydrogen (secondary N) is 1. The summed E-state index contributed by atoms with van der Waals surface area (Å²) in [6.45, 7) is 7.28. The van der Waals surface area contributed by atoms with Gasteiger partial charge in [0.2, 0.25) is 0 Å². The molecule has 2 N–H and O–H groups in total. The van der Waals surface area contributed by atoms with Crippen LogP contribution in [0.3, 0.4) is 0 Å². The van der Waals surface area contributed by atoms with E-state index >= 15 is 0 Å². The molecule has 0 aliphatic carbocycles. The largest absolute Gasteiger partial charge is 0.481 e. The summed E-state index contributed by atoms with van der Waals surface area (Å²) in [5.74, 6) is 0.506. The van der Waals surface area contributed by atoms with Crippen LogP contribution in [0.15, 0.2) is 29.4 Å². The van der Waals surface area contributed by atoms with Crippen molar-refractivity contribution in [2.45, 2.75) is 46.3 Å². The number of carbonyl (C=O) groups excluding carboxylic acids is 1. The van der Waals surface area contributed by atoms with Gasteiger partial charge in [0.15, 0.2) is 6.10 Å². The quantitative estimate of drug-likeness (QED) is 0.477. The van der Waals surface area contributed by atoms with E-state index in [9.17, 15) is 4.79 Å². The summed E-state index contributed by atoms with van der Waals surface area (Å²) < 4.78 is 5.57. The second kappa shape index (κ2) is 7.53. The van der Waals surface area contributed by atoms with Crippen molar-refractivity contribution < 1.29 is 14.7 Å². The molecule has 0 spiro atoms. The van der Waals surface area contributed by atoms with Crippen LogP contribution in [0.1, 0.15) is 33.3 Å². The van der Waals surface area contributed by atoms with Crippen LogP contribution in [-0.2, 0) is 11.2 Å². The van der Waals surface area contributed by atoms with Crippen LogP contribution in [0.4, 0.5) is 0 Å². The molecule has 5 nitrogen and oxygen atoms in total. The molecule has 0 aliphatic heterocycles. The average molecular weight is 278 g/mol. The van der Waals surface area contributed by atoms with Gasteiger partial charge in [-0.1, -0.05) is 17.3 Å². The molecular weight excluding hydrogens is 256 g/mol. The standard InChI is InChI=1S/C15H22N2O3/c1-10(2)16-15(18)12(4)20-14-7-5-13(6-8-14)9-11(3)17-19/h5-8,10,12,19H,9H2,1-4H3,(H,16,18)/b17-11+. The van der Waals surface area contributed by atoms with E-state index in [1.807, 2.05) is 26.0 Å². The number of rotatable bonds is 6. The SMILES string of the molecule is C/C(Cc1ccc(OC(C)C(=O)NC(C)C)cc1)=N\O. The van der Waals surface area contributed by atoms with Crippen LogP contribution in [0.2, 0.25) is 0 Å². The maximum atomic E-state index is 11.7. The fourth-order valence-electron chi connectivity index (χ4n) is 1.68. The third kappa shape index (κ3) is 5.30. The molecule has 1 rings (SSSR count). The summed E-state index contributed by atoms with van der Waals surface area (Å²) in [5, 5.41) is 14.6. The molecule has 0 radical (unpaired) electrons. The molecule has 1 aromatic carbocycles. The zero-order valence-electron chi connectivity index (χ0n) is 12.4. The van der Waals surface area contributed by atoms with Crippen molar-refractivity contribution in [1.29, 1.82) is 0 Å². The Balaban J connectivity index is 2.59. The minimum atomic E-state index is -0.538. The molecular formula is C15H22N2O3. The Morgan fingerprint density at radius 2 is 1.90 bits per heavy atom. The molecule has 0 heterocycles. The van der Waals surface area contributed by atoms with Crippen LogP contribution in [0, 0.1) is 0 Å². The van der Waals surface area contributed by atoms with Crippen LogP contribution in [0.5, 0.6) is 5.75 Å².